The van der Waals surface area contributed by atoms with Gasteiger partial charge in [0.15, 0.2) is 0 Å². The van der Waals surface area contributed by atoms with Crippen LogP contribution in [0, 0.1) is 6.92 Å². The van der Waals surface area contributed by atoms with Crippen molar-refractivity contribution in [2.75, 3.05) is 13.2 Å². The predicted octanol–water partition coefficient (Wildman–Crippen LogP) is 3.55. The van der Waals surface area contributed by atoms with Crippen molar-refractivity contribution in [1.29, 1.82) is 0 Å². The number of hydrogen-bond acceptors (Lipinski definition) is 5. The Morgan fingerprint density at radius 3 is 2.43 bits per heavy atom. The maximum absolute atomic E-state index is 10.9. The summed E-state index contributed by atoms with van der Waals surface area (Å²) in [6.45, 7) is 4.50. The van der Waals surface area contributed by atoms with E-state index < -0.39 is 0 Å². The number of aliphatic hydroxyl groups is 1. The van der Waals surface area contributed by atoms with E-state index in [0.717, 1.165) is 42.7 Å². The number of pyridine rings is 1. The lowest BCUT2D eigenvalue weighted by atomic mass is 10.1. The average Bonchev–Trinajstić information content (AvgIpc) is 2.53. The van der Waals surface area contributed by atoms with E-state index in [2.05, 4.69) is 4.98 Å². The van der Waals surface area contributed by atoms with Gasteiger partial charge in [0.05, 0.1) is 12.3 Å². The largest absolute Gasteiger partial charge is 0.493 e. The number of carbonyl (C=O) groups excluding carboxylic acids is 1. The van der Waals surface area contributed by atoms with Crippen molar-refractivity contribution in [3.8, 4) is 5.75 Å². The molecule has 5 heteroatoms. The molecule has 5 nitrogen and oxygen atoms in total. The van der Waals surface area contributed by atoms with Crippen LogP contribution in [-0.2, 0) is 16.1 Å². The van der Waals surface area contributed by atoms with Crippen molar-refractivity contribution in [3.63, 3.8) is 0 Å². The fraction of sp³-hybridized carbons (Fsp3) is 0.667. The molecular formula is C18H29NO4. The van der Waals surface area contributed by atoms with Crippen LogP contribution >= 0.6 is 0 Å². The summed E-state index contributed by atoms with van der Waals surface area (Å²) >= 11 is 0. The van der Waals surface area contributed by atoms with E-state index in [0.29, 0.717) is 13.2 Å². The second kappa shape index (κ2) is 11.9. The summed E-state index contributed by atoms with van der Waals surface area (Å²) in [5.41, 5.74) is 1.67. The zero-order chi connectivity index (χ0) is 16.9. The first-order valence-corrected chi connectivity index (χ1v) is 8.46. The first-order valence-electron chi connectivity index (χ1n) is 8.46. The molecule has 0 radical (unpaired) electrons. The summed E-state index contributed by atoms with van der Waals surface area (Å²) in [7, 11) is 0. The van der Waals surface area contributed by atoms with Gasteiger partial charge in [0.1, 0.15) is 12.4 Å². The number of carbonyl (C=O) groups is 1. The van der Waals surface area contributed by atoms with Gasteiger partial charge in [0.25, 0.3) is 0 Å². The van der Waals surface area contributed by atoms with E-state index in [-0.39, 0.29) is 12.6 Å². The molecule has 0 unspecified atom stereocenters. The van der Waals surface area contributed by atoms with Gasteiger partial charge in [-0.1, -0.05) is 32.1 Å². The van der Waals surface area contributed by atoms with Gasteiger partial charge in [0, 0.05) is 25.3 Å². The molecule has 1 rings (SSSR count). The fourth-order valence-corrected chi connectivity index (χ4v) is 2.31. The molecule has 1 aromatic rings. The highest BCUT2D eigenvalue weighted by Gasteiger charge is 2.08. The summed E-state index contributed by atoms with van der Waals surface area (Å²) in [6, 6.07) is 1.85. The van der Waals surface area contributed by atoms with E-state index in [1.54, 1.807) is 6.20 Å². The SMILES string of the molecule is CC(=O)OCc1nccc(OCCCCCCCCCO)c1C. The third-order valence-electron chi connectivity index (χ3n) is 3.73. The molecule has 0 bridgehead atoms. The molecule has 0 saturated heterocycles. The normalized spacial score (nSPS) is 10.6. The molecule has 0 saturated carbocycles. The summed E-state index contributed by atoms with van der Waals surface area (Å²) in [4.78, 5) is 15.1. The number of nitrogens with zero attached hydrogens (tertiary/aromatic N) is 1. The second-order valence-electron chi connectivity index (χ2n) is 5.71. The molecule has 0 atom stereocenters. The van der Waals surface area contributed by atoms with Crippen LogP contribution in [0.1, 0.15) is 63.1 Å². The lowest BCUT2D eigenvalue weighted by Gasteiger charge is -2.12. The average molecular weight is 323 g/mol. The second-order valence-corrected chi connectivity index (χ2v) is 5.71. The Balaban J connectivity index is 2.22. The molecule has 0 spiro atoms. The molecule has 1 heterocycles. The van der Waals surface area contributed by atoms with Gasteiger partial charge < -0.3 is 14.6 Å². The number of rotatable bonds is 12. The minimum atomic E-state index is -0.309. The lowest BCUT2D eigenvalue weighted by molar-refractivity contribution is -0.142. The van der Waals surface area contributed by atoms with Gasteiger partial charge in [-0.2, -0.15) is 0 Å². The quantitative estimate of drug-likeness (QED) is 0.470. The molecule has 1 aromatic heterocycles. The lowest BCUT2D eigenvalue weighted by Crippen LogP contribution is -2.05. The Bertz CT molecular complexity index is 462. The van der Waals surface area contributed by atoms with E-state index in [4.69, 9.17) is 14.6 Å². The number of aliphatic hydroxyl groups excluding tert-OH is 1. The van der Waals surface area contributed by atoms with Crippen LogP contribution in [0.4, 0.5) is 0 Å². The van der Waals surface area contributed by atoms with E-state index in [9.17, 15) is 4.79 Å². The summed E-state index contributed by atoms with van der Waals surface area (Å²) in [5, 5.41) is 8.70. The Hall–Kier alpha value is -1.62. The molecule has 0 aliphatic rings. The van der Waals surface area contributed by atoms with Crippen molar-refractivity contribution in [1.82, 2.24) is 4.98 Å². The molecule has 0 aliphatic heterocycles. The van der Waals surface area contributed by atoms with Gasteiger partial charge in [0.2, 0.25) is 0 Å². The third-order valence-corrected chi connectivity index (χ3v) is 3.73. The highest BCUT2D eigenvalue weighted by atomic mass is 16.5. The van der Waals surface area contributed by atoms with Crippen molar-refractivity contribution in [2.45, 2.75) is 65.4 Å². The highest BCUT2D eigenvalue weighted by molar-refractivity contribution is 5.65. The summed E-state index contributed by atoms with van der Waals surface area (Å²) in [6.07, 6.45) is 9.54. The first kappa shape index (κ1) is 19.4. The molecule has 0 aromatic carbocycles. The van der Waals surface area contributed by atoms with E-state index in [1.807, 2.05) is 13.0 Å². The standard InChI is InChI=1S/C18H29NO4/c1-15-17(14-23-16(2)21)19-11-10-18(15)22-13-9-7-5-3-4-6-8-12-20/h10-11,20H,3-9,12-14H2,1-2H3. The molecular weight excluding hydrogens is 294 g/mol. The number of esters is 1. The predicted molar refractivity (Wildman–Crippen MR) is 89.3 cm³/mol. The van der Waals surface area contributed by atoms with Crippen molar-refractivity contribution >= 4 is 5.97 Å². The number of unbranched alkanes of at least 4 members (excludes halogenated alkanes) is 6. The minimum Gasteiger partial charge on any atom is -0.493 e. The molecule has 0 fully saturated rings. The zero-order valence-corrected chi connectivity index (χ0v) is 14.3. The van der Waals surface area contributed by atoms with Crippen molar-refractivity contribution in [2.24, 2.45) is 0 Å². The molecule has 0 amide bonds. The minimum absolute atomic E-state index is 0.187. The van der Waals surface area contributed by atoms with Crippen molar-refractivity contribution < 1.29 is 19.4 Å². The van der Waals surface area contributed by atoms with Crippen LogP contribution in [0.3, 0.4) is 0 Å². The maximum atomic E-state index is 10.9. The van der Waals surface area contributed by atoms with Crippen LogP contribution in [0.25, 0.3) is 0 Å². The molecule has 1 N–H and O–H groups in total. The Morgan fingerprint density at radius 1 is 1.13 bits per heavy atom. The van der Waals surface area contributed by atoms with Gasteiger partial charge in [-0.15, -0.1) is 0 Å². The molecule has 23 heavy (non-hydrogen) atoms. The summed E-state index contributed by atoms with van der Waals surface area (Å²) < 4.78 is 10.8. The van der Waals surface area contributed by atoms with Crippen LogP contribution in [0.15, 0.2) is 12.3 Å². The zero-order valence-electron chi connectivity index (χ0n) is 14.3. The monoisotopic (exact) mass is 323 g/mol. The van der Waals surface area contributed by atoms with Gasteiger partial charge in [-0.25, -0.2) is 0 Å². The van der Waals surface area contributed by atoms with Crippen LogP contribution in [-0.4, -0.2) is 29.3 Å². The maximum Gasteiger partial charge on any atom is 0.303 e. The third kappa shape index (κ3) is 8.55. The van der Waals surface area contributed by atoms with E-state index >= 15 is 0 Å². The molecule has 0 aliphatic carbocycles. The first-order chi connectivity index (χ1) is 11.1. The van der Waals surface area contributed by atoms with Gasteiger partial charge in [-0.05, 0) is 25.8 Å². The Kier molecular flexibility index (Phi) is 10.0. The van der Waals surface area contributed by atoms with Crippen molar-refractivity contribution in [3.05, 3.63) is 23.5 Å². The van der Waals surface area contributed by atoms with Gasteiger partial charge in [-0.3, -0.25) is 9.78 Å². The Labute approximate surface area is 139 Å². The number of ether oxygens (including phenoxy) is 2. The summed E-state index contributed by atoms with van der Waals surface area (Å²) in [5.74, 6) is 0.501. The smallest absolute Gasteiger partial charge is 0.303 e. The Morgan fingerprint density at radius 2 is 1.78 bits per heavy atom. The number of hydrogen-bond donors (Lipinski definition) is 1. The number of aromatic nitrogens is 1. The van der Waals surface area contributed by atoms with Gasteiger partial charge >= 0.3 is 5.97 Å². The van der Waals surface area contributed by atoms with Crippen LogP contribution in [0.5, 0.6) is 5.75 Å². The molecule has 130 valence electrons. The van der Waals surface area contributed by atoms with E-state index in [1.165, 1.54) is 26.2 Å². The van der Waals surface area contributed by atoms with Crippen LogP contribution < -0.4 is 4.74 Å². The topological polar surface area (TPSA) is 68.7 Å². The fourth-order valence-electron chi connectivity index (χ4n) is 2.31. The highest BCUT2D eigenvalue weighted by Crippen LogP contribution is 2.20. The van der Waals surface area contributed by atoms with Crippen LogP contribution in [0.2, 0.25) is 0 Å².